The van der Waals surface area contributed by atoms with Gasteiger partial charge in [0.1, 0.15) is 17.3 Å². The van der Waals surface area contributed by atoms with E-state index in [-0.39, 0.29) is 46.9 Å². The highest BCUT2D eigenvalue weighted by molar-refractivity contribution is 7.90. The summed E-state index contributed by atoms with van der Waals surface area (Å²) in [5, 5.41) is 9.24. The normalized spacial score (nSPS) is 17.0. The highest BCUT2D eigenvalue weighted by Crippen LogP contribution is 2.40. The number of nitrogens with zero attached hydrogens (tertiary/aromatic N) is 6. The second-order valence-electron chi connectivity index (χ2n) is 11.3. The Morgan fingerprint density at radius 1 is 1.12 bits per heavy atom. The van der Waals surface area contributed by atoms with Crippen LogP contribution in [0.25, 0.3) is 28.0 Å². The van der Waals surface area contributed by atoms with E-state index in [0.717, 1.165) is 29.0 Å². The summed E-state index contributed by atoms with van der Waals surface area (Å²) in [6, 6.07) is 7.58. The van der Waals surface area contributed by atoms with E-state index in [1.54, 1.807) is 6.92 Å². The quantitative estimate of drug-likeness (QED) is 0.206. The summed E-state index contributed by atoms with van der Waals surface area (Å²) in [4.78, 5) is 37.5. The van der Waals surface area contributed by atoms with E-state index in [1.165, 1.54) is 34.9 Å². The molecule has 1 aliphatic heterocycles. The van der Waals surface area contributed by atoms with E-state index in [0.29, 0.717) is 12.1 Å². The zero-order valence-corrected chi connectivity index (χ0v) is 26.5. The molecule has 0 aliphatic carbocycles. The third-order valence-corrected chi connectivity index (χ3v) is 9.21. The number of fused-ring (bicyclic) bond motifs is 1. The number of hydrogen-bond acceptors (Lipinski definition) is 8. The van der Waals surface area contributed by atoms with Gasteiger partial charge < -0.3 is 9.80 Å². The first-order valence-corrected chi connectivity index (χ1v) is 16.2. The molecule has 16 heteroatoms. The topological polar surface area (TPSA) is 129 Å². The number of amides is 1. The minimum Gasteiger partial charge on any atom is -0.349 e. The van der Waals surface area contributed by atoms with E-state index in [2.05, 4.69) is 16.5 Å². The van der Waals surface area contributed by atoms with Gasteiger partial charge in [0.05, 0.1) is 45.6 Å². The number of alkyl halides is 3. The predicted molar refractivity (Wildman–Crippen MR) is 166 cm³/mol. The monoisotopic (exact) mass is 686 g/mol. The second kappa shape index (κ2) is 12.5. The number of aromatic nitrogens is 3. The van der Waals surface area contributed by atoms with Crippen LogP contribution in [0.1, 0.15) is 24.5 Å². The number of nitriles is 1. The first-order chi connectivity index (χ1) is 22.5. The van der Waals surface area contributed by atoms with Crippen LogP contribution < -0.4 is 10.6 Å². The summed E-state index contributed by atoms with van der Waals surface area (Å²) >= 11 is 0. The lowest BCUT2D eigenvalue weighted by Gasteiger charge is -2.45. The predicted octanol–water partition coefficient (Wildman–Crippen LogP) is 4.96. The Kier molecular flexibility index (Phi) is 8.87. The zero-order chi connectivity index (χ0) is 35.3. The van der Waals surface area contributed by atoms with Crippen molar-refractivity contribution in [2.45, 2.75) is 43.4 Å². The number of halogens is 5. The van der Waals surface area contributed by atoms with Crippen molar-refractivity contribution in [3.05, 3.63) is 88.4 Å². The molecule has 1 saturated heterocycles. The Balaban J connectivity index is 1.90. The number of aryl methyl sites for hydroxylation is 1. The molecular weight excluding hydrogens is 659 g/mol. The molecule has 0 unspecified atom stereocenters. The number of rotatable bonds is 6. The fraction of sp³-hybridized carbons (Fsp3) is 0.281. The molecule has 0 spiro atoms. The molecule has 0 bridgehead atoms. The van der Waals surface area contributed by atoms with Gasteiger partial charge in [0.2, 0.25) is 5.91 Å². The summed E-state index contributed by atoms with van der Waals surface area (Å²) in [6.07, 6.45) is -3.30. The second-order valence-corrected chi connectivity index (χ2v) is 13.3. The molecule has 0 saturated carbocycles. The van der Waals surface area contributed by atoms with Gasteiger partial charge >= 0.3 is 11.9 Å². The van der Waals surface area contributed by atoms with Crippen LogP contribution in [-0.2, 0) is 20.8 Å². The van der Waals surface area contributed by atoms with Gasteiger partial charge in [0, 0.05) is 25.4 Å². The Morgan fingerprint density at radius 2 is 1.81 bits per heavy atom. The summed E-state index contributed by atoms with van der Waals surface area (Å²) in [5.41, 5.74) is -5.46. The van der Waals surface area contributed by atoms with Crippen molar-refractivity contribution in [2.75, 3.05) is 24.2 Å². The van der Waals surface area contributed by atoms with Crippen LogP contribution in [0.5, 0.6) is 0 Å². The van der Waals surface area contributed by atoms with Crippen molar-refractivity contribution >= 4 is 32.6 Å². The number of anilines is 1. The number of sulfone groups is 1. The molecule has 0 N–H and O–H groups in total. The summed E-state index contributed by atoms with van der Waals surface area (Å²) in [5.74, 6) is -3.47. The van der Waals surface area contributed by atoms with Gasteiger partial charge in [-0.2, -0.15) is 23.4 Å². The van der Waals surface area contributed by atoms with Crippen LogP contribution in [0, 0.1) is 29.9 Å². The van der Waals surface area contributed by atoms with Gasteiger partial charge in [-0.25, -0.2) is 31.5 Å². The number of hydrogen-bond donors (Lipinski definition) is 0. The average molecular weight is 687 g/mol. The SMILES string of the molecule is C=CC(=O)N1C[C@H](C)N(c2nc(=O)n(-c3c(C)cccc3S(C)(=O)=O)c3nc(-c4c(F)cccc4C(F)(F)F)c(F)cc23)C[C@@H]1CC#N. The molecular formula is C32H27F5N6O4S. The number of carbonyl (C=O) groups is 1. The fourth-order valence-electron chi connectivity index (χ4n) is 5.92. The molecule has 3 heterocycles. The fourth-order valence-corrected chi connectivity index (χ4v) is 6.85. The van der Waals surface area contributed by atoms with Crippen molar-refractivity contribution in [3.8, 4) is 23.0 Å². The van der Waals surface area contributed by atoms with Crippen molar-refractivity contribution < 1.29 is 35.2 Å². The van der Waals surface area contributed by atoms with Crippen LogP contribution in [0.15, 0.2) is 64.8 Å². The van der Waals surface area contributed by atoms with Crippen LogP contribution in [0.3, 0.4) is 0 Å². The Bertz CT molecular complexity index is 2200. The summed E-state index contributed by atoms with van der Waals surface area (Å²) in [6.45, 7) is 6.58. The molecule has 2 atom stereocenters. The standard InChI is InChI=1S/C32H27F5N6O4S/c1-5-25(44)42-15-18(3)41(16-19(42)12-13-38)29-20-14-23(34)27(26-21(32(35,36)37)9-7-10-22(26)33)39-30(20)43(31(45)40-29)28-17(2)8-6-11-24(28)48(4,46)47/h5-11,14,18-19H,1,12,15-16H2,2-4H3/t18-,19-/m0/s1. The van der Waals surface area contributed by atoms with E-state index in [4.69, 9.17) is 0 Å². The molecule has 1 aliphatic rings. The lowest BCUT2D eigenvalue weighted by Crippen LogP contribution is -2.59. The highest BCUT2D eigenvalue weighted by atomic mass is 32.2. The molecule has 250 valence electrons. The van der Waals surface area contributed by atoms with Crippen molar-refractivity contribution in [3.63, 3.8) is 0 Å². The van der Waals surface area contributed by atoms with E-state index in [9.17, 15) is 36.4 Å². The maximum atomic E-state index is 16.1. The number of carbonyl (C=O) groups excluding carboxylic acids is 1. The number of pyridine rings is 1. The summed E-state index contributed by atoms with van der Waals surface area (Å²) < 4.78 is 99.9. The first kappa shape index (κ1) is 34.2. The van der Waals surface area contributed by atoms with Gasteiger partial charge in [0.25, 0.3) is 0 Å². The molecule has 1 fully saturated rings. The van der Waals surface area contributed by atoms with Gasteiger partial charge in [0.15, 0.2) is 21.3 Å². The van der Waals surface area contributed by atoms with Gasteiger partial charge in [-0.1, -0.05) is 24.8 Å². The maximum absolute atomic E-state index is 16.1. The van der Waals surface area contributed by atoms with Crippen molar-refractivity contribution in [1.29, 1.82) is 5.26 Å². The molecule has 5 rings (SSSR count). The average Bonchev–Trinajstić information content (AvgIpc) is 3.00. The maximum Gasteiger partial charge on any atom is 0.417 e. The van der Waals surface area contributed by atoms with E-state index >= 15 is 8.78 Å². The molecule has 4 aromatic rings. The largest absolute Gasteiger partial charge is 0.417 e. The van der Waals surface area contributed by atoms with Crippen LogP contribution >= 0.6 is 0 Å². The van der Waals surface area contributed by atoms with Gasteiger partial charge in [-0.3, -0.25) is 4.79 Å². The van der Waals surface area contributed by atoms with E-state index < -0.39 is 73.8 Å². The number of benzene rings is 2. The van der Waals surface area contributed by atoms with Crippen LogP contribution in [0.2, 0.25) is 0 Å². The third-order valence-electron chi connectivity index (χ3n) is 8.08. The third kappa shape index (κ3) is 6.01. The van der Waals surface area contributed by atoms with Gasteiger partial charge in [-0.05, 0) is 49.8 Å². The van der Waals surface area contributed by atoms with E-state index in [1.807, 2.05) is 6.07 Å². The molecule has 2 aromatic heterocycles. The Labute approximate surface area is 271 Å². The van der Waals surface area contributed by atoms with Gasteiger partial charge in [-0.15, -0.1) is 0 Å². The lowest BCUT2D eigenvalue weighted by atomic mass is 10.0. The van der Waals surface area contributed by atoms with Crippen molar-refractivity contribution in [2.24, 2.45) is 0 Å². The number of para-hydroxylation sites is 1. The Morgan fingerprint density at radius 3 is 2.44 bits per heavy atom. The van der Waals surface area contributed by atoms with Crippen LogP contribution in [0.4, 0.5) is 27.8 Å². The minimum absolute atomic E-state index is 0.0254. The van der Waals surface area contributed by atoms with Crippen molar-refractivity contribution in [1.82, 2.24) is 19.4 Å². The smallest absolute Gasteiger partial charge is 0.349 e. The first-order valence-electron chi connectivity index (χ1n) is 14.4. The molecule has 10 nitrogen and oxygen atoms in total. The minimum atomic E-state index is -5.13. The lowest BCUT2D eigenvalue weighted by molar-refractivity contribution is -0.137. The molecule has 48 heavy (non-hydrogen) atoms. The number of piperazine rings is 1. The Hall–Kier alpha value is -5.17. The van der Waals surface area contributed by atoms with Crippen LogP contribution in [-0.4, -0.2) is 65.2 Å². The molecule has 2 aromatic carbocycles. The highest BCUT2D eigenvalue weighted by Gasteiger charge is 2.38. The summed E-state index contributed by atoms with van der Waals surface area (Å²) in [7, 11) is -4.05. The zero-order valence-electron chi connectivity index (χ0n) is 25.7. The molecule has 0 radical (unpaired) electrons. The molecule has 1 amide bonds.